The average Bonchev–Trinajstić information content (AvgIpc) is 3.23. The zero-order valence-corrected chi connectivity index (χ0v) is 17.0. The molecule has 1 aliphatic heterocycles. The molecule has 2 rings (SSSR count). The van der Waals surface area contributed by atoms with Crippen LogP contribution in [0, 0.1) is 5.92 Å². The van der Waals surface area contributed by atoms with Gasteiger partial charge in [0.2, 0.25) is 11.8 Å². The molecule has 8 heteroatoms. The van der Waals surface area contributed by atoms with E-state index in [9.17, 15) is 19.2 Å². The van der Waals surface area contributed by atoms with Crippen LogP contribution in [0.2, 0.25) is 0 Å². The predicted molar refractivity (Wildman–Crippen MR) is 108 cm³/mol. The first-order chi connectivity index (χ1) is 13.5. The summed E-state index contributed by atoms with van der Waals surface area (Å²) >= 11 is 1.37. The molecular weight excluding hydrogens is 378 g/mol. The molecule has 7 nitrogen and oxygen atoms in total. The first-order valence-electron chi connectivity index (χ1n) is 9.82. The Labute approximate surface area is 169 Å². The summed E-state index contributed by atoms with van der Waals surface area (Å²) in [6.45, 7) is 3.01. The highest BCUT2D eigenvalue weighted by atomic mass is 32.1. The van der Waals surface area contributed by atoms with E-state index in [1.165, 1.54) is 11.3 Å². The Bertz CT molecular complexity index is 675. The third-order valence-corrected chi connectivity index (χ3v) is 5.85. The highest BCUT2D eigenvalue weighted by molar-refractivity contribution is 7.12. The van der Waals surface area contributed by atoms with Gasteiger partial charge in [-0.3, -0.25) is 19.2 Å². The molecule has 1 fully saturated rings. The Morgan fingerprint density at radius 2 is 1.96 bits per heavy atom. The number of ketones is 2. The molecule has 2 heterocycles. The Morgan fingerprint density at radius 3 is 2.68 bits per heavy atom. The van der Waals surface area contributed by atoms with Crippen molar-refractivity contribution in [3.63, 3.8) is 0 Å². The number of rotatable bonds is 12. The van der Waals surface area contributed by atoms with Gasteiger partial charge in [-0.2, -0.15) is 0 Å². The molecule has 1 aromatic rings. The fourth-order valence-electron chi connectivity index (χ4n) is 3.30. The summed E-state index contributed by atoms with van der Waals surface area (Å²) in [5, 5.41) is 4.66. The van der Waals surface area contributed by atoms with Crippen LogP contribution in [0.1, 0.15) is 54.6 Å². The summed E-state index contributed by atoms with van der Waals surface area (Å²) < 4.78 is 0. The van der Waals surface area contributed by atoms with Crippen LogP contribution in [-0.2, 0) is 14.4 Å². The number of hydrogen-bond donors (Lipinski definition) is 2. The lowest BCUT2D eigenvalue weighted by molar-refractivity contribution is -0.125. The standard InChI is InChI=1S/C20H29N3O4S/c21-20(27)15-4-1-11-23(14-15)12-3-10-22-19(26)9-7-16(24)6-8-17(25)18-5-2-13-28-18/h2,5,13,15H,1,3-4,6-12,14H2,(H2,21,27)(H,22,26). The van der Waals surface area contributed by atoms with Crippen LogP contribution < -0.4 is 11.1 Å². The fraction of sp³-hybridized carbons (Fsp3) is 0.600. The summed E-state index contributed by atoms with van der Waals surface area (Å²) in [5.41, 5.74) is 5.38. The number of piperidine rings is 1. The van der Waals surface area contributed by atoms with Crippen LogP contribution in [0.25, 0.3) is 0 Å². The second kappa shape index (κ2) is 11.7. The van der Waals surface area contributed by atoms with Crippen molar-refractivity contribution in [1.29, 1.82) is 0 Å². The number of Topliss-reactive ketones (excluding diaryl/α,β-unsaturated/α-hetero) is 2. The van der Waals surface area contributed by atoms with E-state index in [0.29, 0.717) is 18.0 Å². The highest BCUT2D eigenvalue weighted by Gasteiger charge is 2.23. The SMILES string of the molecule is NC(=O)C1CCCN(CCCNC(=O)CCC(=O)CCC(=O)c2cccs2)C1. The zero-order valence-electron chi connectivity index (χ0n) is 16.2. The smallest absolute Gasteiger partial charge is 0.221 e. The van der Waals surface area contributed by atoms with Crippen molar-refractivity contribution in [3.05, 3.63) is 22.4 Å². The first kappa shape index (κ1) is 22.2. The number of carbonyl (C=O) groups excluding carboxylic acids is 4. The lowest BCUT2D eigenvalue weighted by Gasteiger charge is -2.31. The Morgan fingerprint density at radius 1 is 1.18 bits per heavy atom. The maximum atomic E-state index is 11.9. The maximum Gasteiger partial charge on any atom is 0.221 e. The van der Waals surface area contributed by atoms with Crippen molar-refractivity contribution in [3.8, 4) is 0 Å². The van der Waals surface area contributed by atoms with Gasteiger partial charge in [-0.05, 0) is 43.8 Å². The molecule has 3 N–H and O–H groups in total. The number of nitrogens with one attached hydrogen (secondary N) is 1. The topological polar surface area (TPSA) is 110 Å². The normalized spacial score (nSPS) is 17.2. The minimum Gasteiger partial charge on any atom is -0.369 e. The molecule has 0 spiro atoms. The van der Waals surface area contributed by atoms with E-state index in [-0.39, 0.29) is 55.0 Å². The number of carbonyl (C=O) groups is 4. The van der Waals surface area contributed by atoms with Crippen molar-refractivity contribution in [2.45, 2.75) is 44.9 Å². The van der Waals surface area contributed by atoms with Crippen molar-refractivity contribution in [2.24, 2.45) is 11.7 Å². The van der Waals surface area contributed by atoms with Crippen LogP contribution in [0.3, 0.4) is 0 Å². The second-order valence-electron chi connectivity index (χ2n) is 7.18. The van der Waals surface area contributed by atoms with Gasteiger partial charge in [-0.15, -0.1) is 11.3 Å². The van der Waals surface area contributed by atoms with E-state index in [1.807, 2.05) is 11.4 Å². The minimum absolute atomic E-state index is 0.0240. The molecule has 0 saturated carbocycles. The molecule has 1 aliphatic rings. The molecule has 0 bridgehead atoms. The Kier molecular flexibility index (Phi) is 9.30. The summed E-state index contributed by atoms with van der Waals surface area (Å²) in [5.74, 6) is -0.539. The number of primary amides is 1. The molecule has 1 saturated heterocycles. The van der Waals surface area contributed by atoms with Crippen LogP contribution in [0.5, 0.6) is 0 Å². The van der Waals surface area contributed by atoms with Crippen LogP contribution >= 0.6 is 11.3 Å². The monoisotopic (exact) mass is 407 g/mol. The van der Waals surface area contributed by atoms with Gasteiger partial charge < -0.3 is 16.0 Å². The lowest BCUT2D eigenvalue weighted by atomic mass is 9.97. The summed E-state index contributed by atoms with van der Waals surface area (Å²) in [6, 6.07) is 3.56. The van der Waals surface area contributed by atoms with Crippen LogP contribution in [0.4, 0.5) is 0 Å². The fourth-order valence-corrected chi connectivity index (χ4v) is 4.00. The van der Waals surface area contributed by atoms with E-state index in [2.05, 4.69) is 10.2 Å². The summed E-state index contributed by atoms with van der Waals surface area (Å²) in [4.78, 5) is 49.8. The zero-order chi connectivity index (χ0) is 20.4. The second-order valence-corrected chi connectivity index (χ2v) is 8.13. The number of nitrogens with two attached hydrogens (primary N) is 1. The molecule has 0 aromatic carbocycles. The van der Waals surface area contributed by atoms with Crippen LogP contribution in [-0.4, -0.2) is 54.5 Å². The van der Waals surface area contributed by atoms with Gasteiger partial charge in [0.15, 0.2) is 5.78 Å². The van der Waals surface area contributed by atoms with Crippen molar-refractivity contribution < 1.29 is 19.2 Å². The van der Waals surface area contributed by atoms with Crippen molar-refractivity contribution in [1.82, 2.24) is 10.2 Å². The van der Waals surface area contributed by atoms with Gasteiger partial charge in [0.1, 0.15) is 5.78 Å². The number of hydrogen-bond acceptors (Lipinski definition) is 6. The molecule has 1 aromatic heterocycles. The molecule has 28 heavy (non-hydrogen) atoms. The van der Waals surface area contributed by atoms with Gasteiger partial charge in [-0.25, -0.2) is 0 Å². The van der Waals surface area contributed by atoms with E-state index in [4.69, 9.17) is 5.73 Å². The Balaban J connectivity index is 1.52. The molecule has 1 atom stereocenters. The van der Waals surface area contributed by atoms with Gasteiger partial charge in [-0.1, -0.05) is 6.07 Å². The van der Waals surface area contributed by atoms with Crippen molar-refractivity contribution >= 4 is 34.7 Å². The van der Waals surface area contributed by atoms with E-state index < -0.39 is 0 Å². The van der Waals surface area contributed by atoms with Gasteiger partial charge in [0.25, 0.3) is 0 Å². The lowest BCUT2D eigenvalue weighted by Crippen LogP contribution is -2.42. The molecular formula is C20H29N3O4S. The minimum atomic E-state index is -0.236. The summed E-state index contributed by atoms with van der Waals surface area (Å²) in [6.07, 6.45) is 3.31. The third-order valence-electron chi connectivity index (χ3n) is 4.94. The molecule has 2 amide bonds. The van der Waals surface area contributed by atoms with Crippen LogP contribution in [0.15, 0.2) is 17.5 Å². The van der Waals surface area contributed by atoms with E-state index in [1.54, 1.807) is 6.07 Å². The molecule has 0 radical (unpaired) electrons. The Hall–Kier alpha value is -2.06. The van der Waals surface area contributed by atoms with Crippen molar-refractivity contribution in [2.75, 3.05) is 26.2 Å². The van der Waals surface area contributed by atoms with Gasteiger partial charge in [0.05, 0.1) is 10.8 Å². The largest absolute Gasteiger partial charge is 0.369 e. The number of thiophene rings is 1. The summed E-state index contributed by atoms with van der Waals surface area (Å²) in [7, 11) is 0. The maximum absolute atomic E-state index is 11.9. The van der Waals surface area contributed by atoms with Gasteiger partial charge in [0, 0.05) is 38.8 Å². The number of nitrogens with zero attached hydrogens (tertiary/aromatic N) is 1. The number of likely N-dealkylation sites (tertiary alicyclic amines) is 1. The van der Waals surface area contributed by atoms with E-state index in [0.717, 1.165) is 32.4 Å². The quantitative estimate of drug-likeness (QED) is 0.405. The molecule has 0 aliphatic carbocycles. The van der Waals surface area contributed by atoms with E-state index >= 15 is 0 Å². The predicted octanol–water partition coefficient (Wildman–Crippen LogP) is 1.76. The average molecular weight is 408 g/mol. The third kappa shape index (κ3) is 7.90. The molecule has 154 valence electrons. The van der Waals surface area contributed by atoms with Gasteiger partial charge >= 0.3 is 0 Å². The first-order valence-corrected chi connectivity index (χ1v) is 10.7. The molecule has 1 unspecified atom stereocenters. The number of amides is 2. The highest BCUT2D eigenvalue weighted by Crippen LogP contribution is 2.16.